The van der Waals surface area contributed by atoms with E-state index in [2.05, 4.69) is 99.6 Å². The van der Waals surface area contributed by atoms with E-state index in [9.17, 15) is 16.8 Å². The van der Waals surface area contributed by atoms with Crippen LogP contribution >= 0.6 is 0 Å². The molecule has 0 unspecified atom stereocenters. The Bertz CT molecular complexity index is 7160. The molecule has 0 saturated heterocycles. The van der Waals surface area contributed by atoms with Crippen LogP contribution in [0, 0.1) is 62.3 Å². The Morgan fingerprint density at radius 3 is 0.831 bits per heavy atom. The zero-order chi connectivity index (χ0) is 106. The summed E-state index contributed by atoms with van der Waals surface area (Å²) >= 11 is 0. The first kappa shape index (κ1) is 110. The van der Waals surface area contributed by atoms with E-state index in [0.717, 1.165) is 105 Å². The lowest BCUT2D eigenvalue weighted by Crippen LogP contribution is -2.02. The lowest BCUT2D eigenvalue weighted by Gasteiger charge is -2.09. The van der Waals surface area contributed by atoms with Crippen molar-refractivity contribution in [2.75, 3.05) is 63.1 Å². The van der Waals surface area contributed by atoms with E-state index in [1.165, 1.54) is 85.0 Å². The molecule has 0 amide bonds. The molecule has 0 fully saturated rings. The lowest BCUT2D eigenvalue weighted by molar-refractivity contribution is 0.460. The number of para-hydroxylation sites is 2. The number of hydrogen-bond acceptors (Lipinski definition) is 20. The number of benzene rings is 19. The molecule has 0 aliphatic rings. The summed E-state index contributed by atoms with van der Waals surface area (Å²) in [7, 11) is -6.89. The second-order valence-corrected chi connectivity index (χ2v) is 39.1. The van der Waals surface area contributed by atoms with E-state index in [-0.39, 0.29) is 9.79 Å². The van der Waals surface area contributed by atoms with Gasteiger partial charge in [-0.3, -0.25) is 0 Å². The summed E-state index contributed by atoms with van der Waals surface area (Å²) in [5, 5.41) is 0. The molecule has 0 aliphatic carbocycles. The zero-order valence-corrected chi connectivity index (χ0v) is 86.3. The number of hydrogen-bond donors (Lipinski definition) is 11. The van der Waals surface area contributed by atoms with Crippen molar-refractivity contribution in [1.82, 2.24) is 0 Å². The minimum absolute atomic E-state index is 0.225. The summed E-state index contributed by atoms with van der Waals surface area (Å²) in [5.74, 6) is 7.34. The van der Waals surface area contributed by atoms with E-state index in [0.29, 0.717) is 61.2 Å². The van der Waals surface area contributed by atoms with E-state index >= 15 is 0 Å². The number of sulfone groups is 2. The molecule has 22 N–H and O–H groups in total. The zero-order valence-electron chi connectivity index (χ0n) is 84.7. The number of nitrogens with two attached hydrogens (primary N) is 11. The van der Waals surface area contributed by atoms with Gasteiger partial charge in [0.1, 0.15) is 57.5 Å². The van der Waals surface area contributed by atoms with E-state index < -0.39 is 19.7 Å². The van der Waals surface area contributed by atoms with Crippen LogP contribution in [0.25, 0.3) is 11.1 Å². The highest BCUT2D eigenvalue weighted by Gasteiger charge is 2.20. The average molecular weight is 2010 g/mol. The maximum absolute atomic E-state index is 12.3. The molecule has 0 atom stereocenters. The number of anilines is 11. The summed E-state index contributed by atoms with van der Waals surface area (Å²) in [6.07, 6.45) is 2.84. The standard InChI is InChI=1S/C19H17NO2.C18H16N2O2.C15H17N.C14H16N2.C14H15N.2C13H13NO2S.C13H13NO.C7H9N/c1-14-5-9-16(10-6-14)21-18-3-2-4-19(13-18)22-17-11-7-15(20)8-12-17;19-13-4-1-6-15(10-13)21-17-8-3-9-18(12-17)22-16-7-2-5-14(20)11-16;1-10-4-5-13(8-11(10)2)14-6-7-15(16)12(3)9-14;15-13-7-3-1-5-11(13)9-10-12-6-2-4-8-14(12)16;1-11-2-4-12(5-3-11)10-13-6-8-14(15)9-7-13;1-10-2-6-12(7-3-10)17(15,16)13-8-4-11(14)5-9-13;1-10-4-2-6-12(8-10)17(15,16)13-7-3-5-11(14)9-13;1-10-2-6-12(7-3-10)15-13-8-4-11(14)5-9-13;1-6-2-4-7(8)5-3-6/h2-13H,20H2,1H3;1-12H,19-20H2;4-9H,16H2,1-3H3;1-8H,9-10,15-16H2;2-9H,10,15H2,1H3;2*2-9H,14H2,1H3;2-9H,14H2,1H3;2-5H,8H2,1H3. The fraction of sp³-hybridized carbons (Fsp3) is 0.0952. The normalized spacial score (nSPS) is 10.4. The van der Waals surface area contributed by atoms with Crippen LogP contribution in [0.4, 0.5) is 62.6 Å². The molecule has 0 aromatic heterocycles. The predicted molar refractivity (Wildman–Crippen MR) is 614 cm³/mol. The highest BCUT2D eigenvalue weighted by Crippen LogP contribution is 2.35. The maximum Gasteiger partial charge on any atom is 0.206 e. The molecule has 19 aromatic carbocycles. The molecule has 22 heteroatoms. The Kier molecular flexibility index (Phi) is 40.9. The first-order valence-corrected chi connectivity index (χ1v) is 50.8. The molecule has 0 spiro atoms. The van der Waals surface area contributed by atoms with Crippen molar-refractivity contribution >= 4 is 82.2 Å². The molecule has 19 aromatic rings. The van der Waals surface area contributed by atoms with Crippen molar-refractivity contribution in [3.63, 3.8) is 0 Å². The third kappa shape index (κ3) is 36.7. The Morgan fingerprint density at radius 2 is 0.459 bits per heavy atom. The minimum atomic E-state index is -3.46. The van der Waals surface area contributed by atoms with Crippen molar-refractivity contribution in [3.8, 4) is 68.6 Å². The summed E-state index contributed by atoms with van der Waals surface area (Å²) < 4.78 is 77.8. The van der Waals surface area contributed by atoms with Gasteiger partial charge in [-0.05, 0) is 374 Å². The Balaban J connectivity index is 0.000000159. The smallest absolute Gasteiger partial charge is 0.206 e. The van der Waals surface area contributed by atoms with Crippen LogP contribution in [0.5, 0.6) is 57.5 Å². The van der Waals surface area contributed by atoms with E-state index in [1.54, 1.807) is 84.9 Å². The molecule has 19 rings (SSSR count). The number of aryl methyl sites for hydroxylation is 11. The summed E-state index contributed by atoms with van der Waals surface area (Å²) in [5.41, 5.74) is 88.7. The van der Waals surface area contributed by atoms with Gasteiger partial charge >= 0.3 is 0 Å². The third-order valence-corrected chi connectivity index (χ3v) is 26.3. The number of rotatable bonds is 20. The Morgan fingerprint density at radius 1 is 0.182 bits per heavy atom. The summed E-state index contributed by atoms with van der Waals surface area (Å²) in [6, 6.07) is 139. The number of ether oxygens (including phenoxy) is 5. The molecule has 0 heterocycles. The van der Waals surface area contributed by atoms with Gasteiger partial charge in [0.25, 0.3) is 0 Å². The largest absolute Gasteiger partial charge is 0.457 e. The number of nitrogen functional groups attached to an aromatic ring is 11. The second-order valence-electron chi connectivity index (χ2n) is 35.2. The summed E-state index contributed by atoms with van der Waals surface area (Å²) in [4.78, 5) is 1.08. The molecular weight excluding hydrogens is 1880 g/mol. The average Bonchev–Trinajstić information content (AvgIpc) is 0.804. The molecule has 20 nitrogen and oxygen atoms in total. The monoisotopic (exact) mass is 2000 g/mol. The van der Waals surface area contributed by atoms with Crippen molar-refractivity contribution in [3.05, 3.63) is 521 Å². The summed E-state index contributed by atoms with van der Waals surface area (Å²) in [6.45, 7) is 18.3. The van der Waals surface area contributed by atoms with E-state index in [1.807, 2.05) is 308 Å². The van der Waals surface area contributed by atoms with Gasteiger partial charge in [0.05, 0.1) is 19.6 Å². The SMILES string of the molecule is Cc1ccc(-c2ccc(N)c(C)c2)cc1C.Cc1ccc(Cc2ccc(N)cc2)cc1.Cc1ccc(N)cc1.Cc1ccc(Oc2ccc(N)cc2)cc1.Cc1ccc(Oc2cccc(Oc3ccc(N)cc3)c2)cc1.Cc1ccc(S(=O)(=O)c2ccc(N)cc2)cc1.Cc1cccc(S(=O)(=O)c2cccc(N)c2)c1.Nc1cccc(Oc2cccc(Oc3cccc(N)c3)c2)c1.Nc1ccccc1CCc1ccccc1N. The molecule has 0 aliphatic heterocycles. The van der Waals surface area contributed by atoms with Gasteiger partial charge in [0, 0.05) is 86.8 Å². The first-order chi connectivity index (χ1) is 71.0. The van der Waals surface area contributed by atoms with Gasteiger partial charge < -0.3 is 86.8 Å². The van der Waals surface area contributed by atoms with Crippen LogP contribution in [0.3, 0.4) is 0 Å². The Labute approximate surface area is 870 Å². The third-order valence-electron chi connectivity index (χ3n) is 22.8. The quantitative estimate of drug-likeness (QED) is 0.0316. The van der Waals surface area contributed by atoms with Crippen molar-refractivity contribution in [2.45, 2.75) is 101 Å². The van der Waals surface area contributed by atoms with Gasteiger partial charge in [0.2, 0.25) is 19.7 Å². The van der Waals surface area contributed by atoms with Crippen LogP contribution in [0.15, 0.2) is 468 Å². The second kappa shape index (κ2) is 54.9. The minimum Gasteiger partial charge on any atom is -0.457 e. The fourth-order valence-electron chi connectivity index (χ4n) is 14.1. The predicted octanol–water partition coefficient (Wildman–Crippen LogP) is 29.0. The van der Waals surface area contributed by atoms with E-state index in [4.69, 9.17) is 86.8 Å². The van der Waals surface area contributed by atoms with Gasteiger partial charge in [-0.2, -0.15) is 0 Å². The van der Waals surface area contributed by atoms with Crippen molar-refractivity contribution in [1.29, 1.82) is 0 Å². The topological polar surface area (TPSA) is 401 Å². The van der Waals surface area contributed by atoms with Crippen LogP contribution in [0.2, 0.25) is 0 Å². The molecule has 148 heavy (non-hydrogen) atoms. The van der Waals surface area contributed by atoms with Crippen molar-refractivity contribution in [2.24, 2.45) is 0 Å². The molecular formula is C126H129N11O9S2. The molecule has 0 saturated carbocycles. The maximum atomic E-state index is 12.3. The van der Waals surface area contributed by atoms with Crippen LogP contribution in [-0.2, 0) is 38.9 Å². The van der Waals surface area contributed by atoms with Gasteiger partial charge in [-0.1, -0.05) is 216 Å². The fourth-order valence-corrected chi connectivity index (χ4v) is 16.8. The first-order valence-electron chi connectivity index (χ1n) is 47.8. The lowest BCUT2D eigenvalue weighted by atomic mass is 9.99. The molecule has 754 valence electrons. The van der Waals surface area contributed by atoms with Crippen LogP contribution in [0.1, 0.15) is 72.3 Å². The molecule has 0 bridgehead atoms. The van der Waals surface area contributed by atoms with Crippen LogP contribution in [-0.4, -0.2) is 16.8 Å². The van der Waals surface area contributed by atoms with Gasteiger partial charge in [-0.25, -0.2) is 16.8 Å². The van der Waals surface area contributed by atoms with Gasteiger partial charge in [-0.15, -0.1) is 0 Å². The highest BCUT2D eigenvalue weighted by atomic mass is 32.2. The van der Waals surface area contributed by atoms with Crippen LogP contribution < -0.4 is 86.8 Å². The van der Waals surface area contributed by atoms with Crippen molar-refractivity contribution < 1.29 is 40.5 Å². The van der Waals surface area contributed by atoms with Gasteiger partial charge in [0.15, 0.2) is 0 Å². The molecule has 0 radical (unpaired) electrons. The Hall–Kier alpha value is -18.1. The highest BCUT2D eigenvalue weighted by molar-refractivity contribution is 7.91.